The molecule has 0 aromatic heterocycles. The fraction of sp³-hybridized carbons (Fsp3) is 0.520. The van der Waals surface area contributed by atoms with Gasteiger partial charge in [0.25, 0.3) is 0 Å². The monoisotopic (exact) mass is 410 g/mol. The Bertz CT molecular complexity index is 781. The second kappa shape index (κ2) is 10.4. The summed E-state index contributed by atoms with van der Waals surface area (Å²) in [6.45, 7) is 10.4. The van der Waals surface area contributed by atoms with Gasteiger partial charge >= 0.3 is 0 Å². The quantitative estimate of drug-likeness (QED) is 0.694. The average molecular weight is 411 g/mol. The number of rotatable bonds is 7. The van der Waals surface area contributed by atoms with Crippen LogP contribution < -0.4 is 4.90 Å². The molecule has 0 N–H and O–H groups in total. The molecule has 2 heterocycles. The summed E-state index contributed by atoms with van der Waals surface area (Å²) in [5, 5.41) is 0. The van der Waals surface area contributed by atoms with Gasteiger partial charge in [-0.05, 0) is 43.6 Å². The lowest BCUT2D eigenvalue weighted by Crippen LogP contribution is -2.46. The summed E-state index contributed by atoms with van der Waals surface area (Å²) in [6.07, 6.45) is 2.04. The van der Waals surface area contributed by atoms with Crippen LogP contribution in [0.25, 0.3) is 0 Å². The van der Waals surface area contributed by atoms with Crippen molar-refractivity contribution >= 4 is 5.69 Å². The van der Waals surface area contributed by atoms with E-state index < -0.39 is 0 Å². The van der Waals surface area contributed by atoms with Gasteiger partial charge in [0.2, 0.25) is 0 Å². The van der Waals surface area contributed by atoms with Crippen molar-refractivity contribution in [1.29, 1.82) is 0 Å². The maximum atomic E-state index is 14.8. The smallest absolute Gasteiger partial charge is 0.146 e. The van der Waals surface area contributed by atoms with E-state index in [9.17, 15) is 4.39 Å². The van der Waals surface area contributed by atoms with Crippen LogP contribution in [0.3, 0.4) is 0 Å². The molecule has 5 heteroatoms. The van der Waals surface area contributed by atoms with Crippen LogP contribution in [0.5, 0.6) is 0 Å². The summed E-state index contributed by atoms with van der Waals surface area (Å²) in [5.74, 6) is -0.0661. The van der Waals surface area contributed by atoms with E-state index in [1.54, 1.807) is 6.07 Å². The number of nitrogens with zero attached hydrogens (tertiary/aromatic N) is 4. The highest BCUT2D eigenvalue weighted by Gasteiger charge is 2.22. The van der Waals surface area contributed by atoms with E-state index in [4.69, 9.17) is 0 Å². The third-order valence-corrected chi connectivity index (χ3v) is 6.52. The number of piperazine rings is 2. The molecular formula is C25H35FN4. The zero-order valence-corrected chi connectivity index (χ0v) is 18.3. The van der Waals surface area contributed by atoms with Crippen molar-refractivity contribution in [3.63, 3.8) is 0 Å². The zero-order valence-electron chi connectivity index (χ0n) is 18.3. The van der Waals surface area contributed by atoms with E-state index in [-0.39, 0.29) is 5.82 Å². The lowest BCUT2D eigenvalue weighted by molar-refractivity contribution is 0.153. The number of benzene rings is 2. The first-order chi connectivity index (χ1) is 14.7. The minimum absolute atomic E-state index is 0.0661. The number of likely N-dealkylation sites (N-methyl/N-ethyl adjacent to an activating group) is 1. The van der Waals surface area contributed by atoms with E-state index in [1.807, 2.05) is 6.07 Å². The lowest BCUT2D eigenvalue weighted by Gasteiger charge is -2.37. The second-order valence-corrected chi connectivity index (χ2v) is 8.74. The highest BCUT2D eigenvalue weighted by molar-refractivity contribution is 5.55. The summed E-state index contributed by atoms with van der Waals surface area (Å²) in [6, 6.07) is 16.2. The standard InChI is InChI=1S/C25H35FN4/c1-27-13-15-28(16-14-27)12-6-10-23-9-5-11-24(26)25(23)30-19-17-29(18-20-30)21-22-7-3-2-4-8-22/h2-5,7-9,11H,6,10,12-21H2,1H3. The van der Waals surface area contributed by atoms with Gasteiger partial charge in [0.05, 0.1) is 5.69 Å². The van der Waals surface area contributed by atoms with Gasteiger partial charge in [0, 0.05) is 58.9 Å². The predicted molar refractivity (Wildman–Crippen MR) is 123 cm³/mol. The van der Waals surface area contributed by atoms with Gasteiger partial charge < -0.3 is 14.7 Å². The number of para-hydroxylation sites is 1. The van der Waals surface area contributed by atoms with Crippen molar-refractivity contribution in [1.82, 2.24) is 14.7 Å². The Morgan fingerprint density at radius 1 is 0.767 bits per heavy atom. The van der Waals surface area contributed by atoms with Gasteiger partial charge in [-0.3, -0.25) is 4.90 Å². The van der Waals surface area contributed by atoms with Crippen LogP contribution in [0.15, 0.2) is 48.5 Å². The third kappa shape index (κ3) is 5.60. The molecule has 2 fully saturated rings. The molecule has 2 aromatic carbocycles. The first-order valence-electron chi connectivity index (χ1n) is 11.4. The van der Waals surface area contributed by atoms with E-state index in [0.717, 1.165) is 84.0 Å². The van der Waals surface area contributed by atoms with Crippen LogP contribution in [-0.2, 0) is 13.0 Å². The van der Waals surface area contributed by atoms with Crippen LogP contribution in [0.1, 0.15) is 17.5 Å². The van der Waals surface area contributed by atoms with Crippen LogP contribution in [0, 0.1) is 5.82 Å². The van der Waals surface area contributed by atoms with Crippen LogP contribution >= 0.6 is 0 Å². The molecule has 30 heavy (non-hydrogen) atoms. The Morgan fingerprint density at radius 2 is 1.47 bits per heavy atom. The van der Waals surface area contributed by atoms with Crippen molar-refractivity contribution in [2.75, 3.05) is 70.9 Å². The maximum absolute atomic E-state index is 14.8. The number of hydrogen-bond donors (Lipinski definition) is 0. The molecule has 0 radical (unpaired) electrons. The minimum atomic E-state index is -0.0661. The molecule has 2 aliphatic rings. The van der Waals surface area contributed by atoms with Crippen LogP contribution in [0.4, 0.5) is 10.1 Å². The third-order valence-electron chi connectivity index (χ3n) is 6.52. The van der Waals surface area contributed by atoms with E-state index in [2.05, 4.69) is 63.0 Å². The molecule has 0 saturated carbocycles. The summed E-state index contributed by atoms with van der Waals surface area (Å²) < 4.78 is 14.8. The Balaban J connectivity index is 1.31. The van der Waals surface area contributed by atoms with E-state index >= 15 is 0 Å². The van der Waals surface area contributed by atoms with E-state index in [1.165, 1.54) is 11.1 Å². The maximum Gasteiger partial charge on any atom is 0.146 e. The number of hydrogen-bond acceptors (Lipinski definition) is 4. The van der Waals surface area contributed by atoms with Crippen molar-refractivity contribution in [2.24, 2.45) is 0 Å². The minimum Gasteiger partial charge on any atom is -0.366 e. The Morgan fingerprint density at radius 3 is 2.20 bits per heavy atom. The molecular weight excluding hydrogens is 375 g/mol. The molecule has 0 amide bonds. The molecule has 0 spiro atoms. The SMILES string of the molecule is CN1CCN(CCCc2cccc(F)c2N2CCN(Cc3ccccc3)CC2)CC1. The number of halogens is 1. The van der Waals surface area contributed by atoms with Gasteiger partial charge in [0.1, 0.15) is 5.82 Å². The van der Waals surface area contributed by atoms with Gasteiger partial charge in [-0.2, -0.15) is 0 Å². The largest absolute Gasteiger partial charge is 0.366 e. The highest BCUT2D eigenvalue weighted by atomic mass is 19.1. The predicted octanol–water partition coefficient (Wildman–Crippen LogP) is 3.33. The Kier molecular flexibility index (Phi) is 7.37. The van der Waals surface area contributed by atoms with Crippen molar-refractivity contribution in [2.45, 2.75) is 19.4 Å². The molecule has 0 unspecified atom stereocenters. The fourth-order valence-electron chi connectivity index (χ4n) is 4.65. The summed E-state index contributed by atoms with van der Waals surface area (Å²) in [5.41, 5.74) is 3.36. The molecule has 4 nitrogen and oxygen atoms in total. The fourth-order valence-corrected chi connectivity index (χ4v) is 4.65. The van der Waals surface area contributed by atoms with Gasteiger partial charge in [-0.25, -0.2) is 4.39 Å². The first kappa shape index (κ1) is 21.3. The topological polar surface area (TPSA) is 13.0 Å². The molecule has 0 aliphatic carbocycles. The average Bonchev–Trinajstić information content (AvgIpc) is 2.77. The first-order valence-corrected chi connectivity index (χ1v) is 11.4. The second-order valence-electron chi connectivity index (χ2n) is 8.74. The molecule has 2 aromatic rings. The van der Waals surface area contributed by atoms with Crippen molar-refractivity contribution in [3.05, 3.63) is 65.5 Å². The van der Waals surface area contributed by atoms with Gasteiger partial charge in [-0.1, -0.05) is 42.5 Å². The van der Waals surface area contributed by atoms with Gasteiger partial charge in [-0.15, -0.1) is 0 Å². The van der Waals surface area contributed by atoms with Crippen molar-refractivity contribution < 1.29 is 4.39 Å². The summed E-state index contributed by atoms with van der Waals surface area (Å²) in [4.78, 5) is 9.67. The Labute approximate surface area is 180 Å². The van der Waals surface area contributed by atoms with Gasteiger partial charge in [0.15, 0.2) is 0 Å². The Hall–Kier alpha value is -1.95. The summed E-state index contributed by atoms with van der Waals surface area (Å²) in [7, 11) is 2.19. The molecule has 162 valence electrons. The highest BCUT2D eigenvalue weighted by Crippen LogP contribution is 2.27. The molecule has 0 bridgehead atoms. The normalized spacial score (nSPS) is 19.3. The molecule has 2 aliphatic heterocycles. The number of aryl methyl sites for hydroxylation is 1. The zero-order chi connectivity index (χ0) is 20.8. The van der Waals surface area contributed by atoms with Crippen LogP contribution in [0.2, 0.25) is 0 Å². The molecule has 4 rings (SSSR count). The van der Waals surface area contributed by atoms with Crippen molar-refractivity contribution in [3.8, 4) is 0 Å². The lowest BCUT2D eigenvalue weighted by atomic mass is 10.0. The number of anilines is 1. The van der Waals surface area contributed by atoms with E-state index in [0.29, 0.717) is 0 Å². The van der Waals surface area contributed by atoms with Crippen LogP contribution in [-0.4, -0.2) is 80.7 Å². The molecule has 2 saturated heterocycles. The summed E-state index contributed by atoms with van der Waals surface area (Å²) >= 11 is 0. The molecule has 0 atom stereocenters.